The molecule has 2 aromatic rings. The zero-order valence-electron chi connectivity index (χ0n) is 19.0. The Kier molecular flexibility index (Phi) is 11.9. The van der Waals surface area contributed by atoms with E-state index in [0.29, 0.717) is 36.9 Å². The van der Waals surface area contributed by atoms with Crippen molar-refractivity contribution in [2.45, 2.75) is 45.4 Å². The number of carbonyl (C=O) groups excluding carboxylic acids is 2. The van der Waals surface area contributed by atoms with Crippen molar-refractivity contribution in [2.75, 3.05) is 19.8 Å². The number of hydrogen-bond donors (Lipinski definition) is 0. The van der Waals surface area contributed by atoms with E-state index >= 15 is 0 Å². The van der Waals surface area contributed by atoms with Crippen LogP contribution in [0.15, 0.2) is 60.1 Å². The monoisotopic (exact) mass is 474 g/mol. The first-order valence-corrected chi connectivity index (χ1v) is 11.6. The van der Waals surface area contributed by atoms with Crippen molar-refractivity contribution in [2.24, 2.45) is 0 Å². The number of benzene rings is 2. The molecule has 0 atom stereocenters. The van der Waals surface area contributed by atoms with Gasteiger partial charge in [0.1, 0.15) is 22.3 Å². The third-order valence-electron chi connectivity index (χ3n) is 4.65. The molecule has 6 nitrogen and oxygen atoms in total. The van der Waals surface area contributed by atoms with E-state index in [-0.39, 0.29) is 5.03 Å². The van der Waals surface area contributed by atoms with Crippen LogP contribution in [0.3, 0.4) is 0 Å². The van der Waals surface area contributed by atoms with E-state index in [9.17, 15) is 9.59 Å². The molecule has 0 fully saturated rings. The third kappa shape index (κ3) is 10.4. The molecule has 0 aromatic heterocycles. The van der Waals surface area contributed by atoms with Gasteiger partial charge in [0.15, 0.2) is 0 Å². The fraction of sp³-hybridized carbons (Fsp3) is 0.385. The van der Waals surface area contributed by atoms with Crippen LogP contribution >= 0.6 is 11.6 Å². The fourth-order valence-electron chi connectivity index (χ4n) is 2.78. The standard InChI is InChI=1S/C26H31ClO6/c1-3-4-17-30-23-13-15-24(16-14-23)33-26(29)21-9-11-22(12-10-21)31-18-7-5-6-8-19-32-25(28)20(2)27/h9-16H,2-8,17-19H2,1H3. The van der Waals surface area contributed by atoms with Crippen LogP contribution in [-0.4, -0.2) is 31.8 Å². The van der Waals surface area contributed by atoms with Gasteiger partial charge in [0, 0.05) is 0 Å². The molecule has 0 N–H and O–H groups in total. The maximum Gasteiger partial charge on any atom is 0.349 e. The van der Waals surface area contributed by atoms with E-state index < -0.39 is 11.9 Å². The fourth-order valence-corrected chi connectivity index (χ4v) is 2.84. The summed E-state index contributed by atoms with van der Waals surface area (Å²) in [5.41, 5.74) is 0.444. The molecule has 2 rings (SSSR count). The zero-order valence-corrected chi connectivity index (χ0v) is 19.8. The summed E-state index contributed by atoms with van der Waals surface area (Å²) in [7, 11) is 0. The third-order valence-corrected chi connectivity index (χ3v) is 4.81. The molecule has 0 aliphatic rings. The largest absolute Gasteiger partial charge is 0.494 e. The number of hydrogen-bond acceptors (Lipinski definition) is 6. The molecule has 0 heterocycles. The van der Waals surface area contributed by atoms with Crippen molar-refractivity contribution in [1.82, 2.24) is 0 Å². The number of ether oxygens (including phenoxy) is 4. The Morgan fingerprint density at radius 3 is 1.85 bits per heavy atom. The molecule has 0 unspecified atom stereocenters. The Morgan fingerprint density at radius 2 is 1.27 bits per heavy atom. The summed E-state index contributed by atoms with van der Waals surface area (Å²) in [6.07, 6.45) is 5.59. The Labute approximate surface area is 200 Å². The first-order valence-electron chi connectivity index (χ1n) is 11.2. The molecular formula is C26H31ClO6. The van der Waals surface area contributed by atoms with Gasteiger partial charge >= 0.3 is 11.9 Å². The van der Waals surface area contributed by atoms with Gasteiger partial charge in [-0.15, -0.1) is 0 Å². The van der Waals surface area contributed by atoms with Crippen LogP contribution in [0.25, 0.3) is 0 Å². The highest BCUT2D eigenvalue weighted by Crippen LogP contribution is 2.20. The smallest absolute Gasteiger partial charge is 0.349 e. The zero-order chi connectivity index (χ0) is 23.9. The summed E-state index contributed by atoms with van der Waals surface area (Å²) < 4.78 is 21.7. The lowest BCUT2D eigenvalue weighted by atomic mass is 10.2. The second-order valence-electron chi connectivity index (χ2n) is 7.39. The molecule has 0 saturated carbocycles. The molecule has 0 spiro atoms. The van der Waals surface area contributed by atoms with E-state index in [2.05, 4.69) is 13.5 Å². The van der Waals surface area contributed by atoms with Gasteiger partial charge in [-0.1, -0.05) is 31.5 Å². The lowest BCUT2D eigenvalue weighted by molar-refractivity contribution is -0.138. The van der Waals surface area contributed by atoms with E-state index in [1.54, 1.807) is 48.5 Å². The van der Waals surface area contributed by atoms with Crippen molar-refractivity contribution in [3.8, 4) is 17.2 Å². The van der Waals surface area contributed by atoms with Gasteiger partial charge in [0.05, 0.1) is 25.4 Å². The molecule has 178 valence electrons. The maximum atomic E-state index is 12.3. The van der Waals surface area contributed by atoms with E-state index in [4.69, 9.17) is 30.5 Å². The molecule has 33 heavy (non-hydrogen) atoms. The maximum absolute atomic E-state index is 12.3. The van der Waals surface area contributed by atoms with Crippen molar-refractivity contribution in [3.63, 3.8) is 0 Å². The first kappa shape index (κ1) is 26.3. The minimum atomic E-state index is -0.572. The van der Waals surface area contributed by atoms with Gasteiger partial charge in [0.2, 0.25) is 0 Å². The number of unbranched alkanes of at least 4 members (excludes halogenated alkanes) is 4. The number of halogens is 1. The lowest BCUT2D eigenvalue weighted by Gasteiger charge is -2.09. The second kappa shape index (κ2) is 15.0. The summed E-state index contributed by atoms with van der Waals surface area (Å²) in [5, 5.41) is -0.107. The normalized spacial score (nSPS) is 10.4. The number of rotatable bonds is 15. The molecule has 0 bridgehead atoms. The van der Waals surface area contributed by atoms with Gasteiger partial charge in [0.25, 0.3) is 0 Å². The molecule has 0 amide bonds. The first-order chi connectivity index (χ1) is 16.0. The van der Waals surface area contributed by atoms with Gasteiger partial charge in [-0.25, -0.2) is 9.59 Å². The predicted molar refractivity (Wildman–Crippen MR) is 128 cm³/mol. The van der Waals surface area contributed by atoms with Crippen LogP contribution in [0.4, 0.5) is 0 Å². The SMILES string of the molecule is C=C(Cl)C(=O)OCCCCCCOc1ccc(C(=O)Oc2ccc(OCCCC)cc2)cc1. The van der Waals surface area contributed by atoms with Gasteiger partial charge < -0.3 is 18.9 Å². The highest BCUT2D eigenvalue weighted by Gasteiger charge is 2.09. The number of esters is 2. The summed E-state index contributed by atoms with van der Waals surface area (Å²) in [6.45, 7) is 7.00. The second-order valence-corrected chi connectivity index (χ2v) is 7.85. The van der Waals surface area contributed by atoms with E-state index in [1.807, 2.05) is 0 Å². The molecule has 0 radical (unpaired) electrons. The molecular weight excluding hydrogens is 444 g/mol. The van der Waals surface area contributed by atoms with Crippen LogP contribution in [0, 0.1) is 0 Å². The molecule has 0 aliphatic heterocycles. The predicted octanol–water partition coefficient (Wildman–Crippen LogP) is 6.32. The summed E-state index contributed by atoms with van der Waals surface area (Å²) >= 11 is 5.44. The van der Waals surface area contributed by atoms with Crippen LogP contribution in [0.5, 0.6) is 17.2 Å². The summed E-state index contributed by atoms with van der Waals surface area (Å²) in [4.78, 5) is 23.5. The van der Waals surface area contributed by atoms with Crippen LogP contribution in [0.2, 0.25) is 0 Å². The van der Waals surface area contributed by atoms with Gasteiger partial charge in [-0.3, -0.25) is 0 Å². The van der Waals surface area contributed by atoms with E-state index in [0.717, 1.165) is 44.3 Å². The quantitative estimate of drug-likeness (QED) is 0.130. The van der Waals surface area contributed by atoms with Crippen molar-refractivity contribution in [3.05, 3.63) is 65.7 Å². The Balaban J connectivity index is 1.64. The van der Waals surface area contributed by atoms with Crippen LogP contribution < -0.4 is 14.2 Å². The minimum absolute atomic E-state index is 0.107. The Morgan fingerprint density at radius 1 is 0.758 bits per heavy atom. The average Bonchev–Trinajstić information content (AvgIpc) is 2.82. The highest BCUT2D eigenvalue weighted by molar-refractivity contribution is 6.40. The number of carbonyl (C=O) groups is 2. The molecule has 7 heteroatoms. The highest BCUT2D eigenvalue weighted by atomic mass is 35.5. The molecule has 0 aliphatic carbocycles. The van der Waals surface area contributed by atoms with Crippen molar-refractivity contribution >= 4 is 23.5 Å². The van der Waals surface area contributed by atoms with E-state index in [1.165, 1.54) is 0 Å². The molecule has 0 saturated heterocycles. The van der Waals surface area contributed by atoms with Gasteiger partial charge in [-0.2, -0.15) is 0 Å². The summed E-state index contributed by atoms with van der Waals surface area (Å²) in [6, 6.07) is 13.9. The average molecular weight is 475 g/mol. The van der Waals surface area contributed by atoms with Gasteiger partial charge in [-0.05, 0) is 80.6 Å². The lowest BCUT2D eigenvalue weighted by Crippen LogP contribution is -2.08. The van der Waals surface area contributed by atoms with Crippen molar-refractivity contribution in [1.29, 1.82) is 0 Å². The minimum Gasteiger partial charge on any atom is -0.494 e. The summed E-state index contributed by atoms with van der Waals surface area (Å²) in [5.74, 6) is 0.906. The Bertz CT molecular complexity index is 877. The van der Waals surface area contributed by atoms with Crippen LogP contribution in [0.1, 0.15) is 55.8 Å². The van der Waals surface area contributed by atoms with Crippen molar-refractivity contribution < 1.29 is 28.5 Å². The van der Waals surface area contributed by atoms with Crippen LogP contribution in [-0.2, 0) is 9.53 Å². The molecule has 2 aromatic carbocycles. The Hall–Kier alpha value is -2.99. The topological polar surface area (TPSA) is 71.1 Å².